The minimum Gasteiger partial charge on any atom is -0.318 e. The van der Waals surface area contributed by atoms with Crippen LogP contribution in [0.15, 0.2) is 18.2 Å². The molecular weight excluding hydrogens is 230 g/mol. The summed E-state index contributed by atoms with van der Waals surface area (Å²) in [4.78, 5) is 1.06. The topological polar surface area (TPSA) is 43.8 Å². The van der Waals surface area contributed by atoms with E-state index in [9.17, 15) is 0 Å². The van der Waals surface area contributed by atoms with Gasteiger partial charge in [-0.3, -0.25) is 4.68 Å². The average Bonchev–Trinajstić information content (AvgIpc) is 2.71. The molecule has 2 aromatic heterocycles. The van der Waals surface area contributed by atoms with E-state index in [2.05, 4.69) is 5.10 Å². The summed E-state index contributed by atoms with van der Waals surface area (Å²) in [5, 5.41) is 4.27. The van der Waals surface area contributed by atoms with Crippen molar-refractivity contribution in [1.29, 1.82) is 0 Å². The summed E-state index contributed by atoms with van der Waals surface area (Å²) in [5.74, 6) is 0. The van der Waals surface area contributed by atoms with Crippen LogP contribution in [0.4, 0.5) is 0 Å². The molecule has 0 radical (unpaired) electrons. The maximum absolute atomic E-state index is 6.13. The number of hydrogen-bond donors (Lipinski definition) is 1. The number of nitrogens with two attached hydrogens (primary N) is 1. The summed E-state index contributed by atoms with van der Waals surface area (Å²) in [7, 11) is 1.90. The fraction of sp³-hybridized carbons (Fsp3) is 0.300. The molecule has 2 rings (SSSR count). The fourth-order valence-electron chi connectivity index (χ4n) is 1.56. The van der Waals surface area contributed by atoms with Crippen LogP contribution in [0.5, 0.6) is 0 Å². The third-order valence-corrected chi connectivity index (χ3v) is 3.57. The standard InChI is InChI=1S/C10H12ClN3S/c1-6-5-7(14(2)13-6)10(12)8-3-4-9(11)15-8/h3-5,10H,12H2,1-2H3. The molecule has 2 aromatic rings. The molecule has 80 valence electrons. The Morgan fingerprint density at radius 1 is 1.53 bits per heavy atom. The van der Waals surface area contributed by atoms with Crippen molar-refractivity contribution in [3.8, 4) is 0 Å². The van der Waals surface area contributed by atoms with Gasteiger partial charge in [-0.25, -0.2) is 0 Å². The van der Waals surface area contributed by atoms with Gasteiger partial charge in [0.2, 0.25) is 0 Å². The molecule has 0 aromatic carbocycles. The van der Waals surface area contributed by atoms with Crippen molar-refractivity contribution in [3.63, 3.8) is 0 Å². The molecule has 2 N–H and O–H groups in total. The maximum Gasteiger partial charge on any atom is 0.0931 e. The first-order valence-corrected chi connectivity index (χ1v) is 5.78. The van der Waals surface area contributed by atoms with Crippen LogP contribution in [0.1, 0.15) is 22.3 Å². The van der Waals surface area contributed by atoms with Crippen LogP contribution in [0, 0.1) is 6.92 Å². The molecule has 0 saturated carbocycles. The predicted octanol–water partition coefficient (Wildman–Crippen LogP) is 2.49. The maximum atomic E-state index is 6.13. The largest absolute Gasteiger partial charge is 0.318 e. The molecule has 15 heavy (non-hydrogen) atoms. The van der Waals surface area contributed by atoms with Crippen LogP contribution in [0.25, 0.3) is 0 Å². The molecule has 1 unspecified atom stereocenters. The summed E-state index contributed by atoms with van der Waals surface area (Å²) in [6, 6.07) is 5.68. The average molecular weight is 242 g/mol. The van der Waals surface area contributed by atoms with Gasteiger partial charge in [0.25, 0.3) is 0 Å². The van der Waals surface area contributed by atoms with Crippen molar-refractivity contribution < 1.29 is 0 Å². The van der Waals surface area contributed by atoms with Gasteiger partial charge in [0.05, 0.1) is 21.8 Å². The van der Waals surface area contributed by atoms with E-state index in [-0.39, 0.29) is 6.04 Å². The Hall–Kier alpha value is -0.840. The number of thiophene rings is 1. The molecule has 5 heteroatoms. The summed E-state index contributed by atoms with van der Waals surface area (Å²) < 4.78 is 2.58. The van der Waals surface area contributed by atoms with Crippen LogP contribution in [0.2, 0.25) is 4.34 Å². The lowest BCUT2D eigenvalue weighted by Crippen LogP contribution is -2.14. The quantitative estimate of drug-likeness (QED) is 0.878. The zero-order chi connectivity index (χ0) is 11.0. The van der Waals surface area contributed by atoms with Crippen molar-refractivity contribution in [2.75, 3.05) is 0 Å². The van der Waals surface area contributed by atoms with Gasteiger partial charge in [-0.15, -0.1) is 11.3 Å². The normalized spacial score (nSPS) is 13.1. The Bertz CT molecular complexity index is 475. The van der Waals surface area contributed by atoms with Gasteiger partial charge in [0.15, 0.2) is 0 Å². The second-order valence-electron chi connectivity index (χ2n) is 3.45. The number of aryl methyl sites for hydroxylation is 2. The predicted molar refractivity (Wildman–Crippen MR) is 63.3 cm³/mol. The second-order valence-corrected chi connectivity index (χ2v) is 5.20. The van der Waals surface area contributed by atoms with Gasteiger partial charge in [0, 0.05) is 11.9 Å². The van der Waals surface area contributed by atoms with E-state index in [1.54, 1.807) is 0 Å². The van der Waals surface area contributed by atoms with Crippen LogP contribution in [-0.4, -0.2) is 9.78 Å². The van der Waals surface area contributed by atoms with Crippen molar-refractivity contribution in [2.45, 2.75) is 13.0 Å². The molecule has 0 bridgehead atoms. The molecule has 0 aliphatic rings. The highest BCUT2D eigenvalue weighted by Gasteiger charge is 2.15. The molecule has 0 aliphatic heterocycles. The van der Waals surface area contributed by atoms with E-state index in [0.29, 0.717) is 0 Å². The number of nitrogens with zero attached hydrogens (tertiary/aromatic N) is 2. The summed E-state index contributed by atoms with van der Waals surface area (Å²) in [5.41, 5.74) is 8.12. The monoisotopic (exact) mass is 241 g/mol. The van der Waals surface area contributed by atoms with Crippen molar-refractivity contribution in [1.82, 2.24) is 9.78 Å². The van der Waals surface area contributed by atoms with Gasteiger partial charge < -0.3 is 5.73 Å². The van der Waals surface area contributed by atoms with Crippen LogP contribution >= 0.6 is 22.9 Å². The van der Waals surface area contributed by atoms with E-state index in [4.69, 9.17) is 17.3 Å². The van der Waals surface area contributed by atoms with Crippen molar-refractivity contribution in [2.24, 2.45) is 12.8 Å². The van der Waals surface area contributed by atoms with Gasteiger partial charge in [-0.05, 0) is 25.1 Å². The van der Waals surface area contributed by atoms with Crippen LogP contribution in [-0.2, 0) is 7.05 Å². The molecule has 3 nitrogen and oxygen atoms in total. The lowest BCUT2D eigenvalue weighted by Gasteiger charge is -2.09. The van der Waals surface area contributed by atoms with Crippen molar-refractivity contribution >= 4 is 22.9 Å². The molecule has 0 fully saturated rings. The van der Waals surface area contributed by atoms with E-state index >= 15 is 0 Å². The Morgan fingerprint density at radius 2 is 2.27 bits per heavy atom. The fourth-order valence-corrected chi connectivity index (χ4v) is 2.64. The lowest BCUT2D eigenvalue weighted by atomic mass is 10.2. The SMILES string of the molecule is Cc1cc(C(N)c2ccc(Cl)s2)n(C)n1. The number of aromatic nitrogens is 2. The lowest BCUT2D eigenvalue weighted by molar-refractivity contribution is 0.674. The Kier molecular flexibility index (Phi) is 2.82. The third-order valence-electron chi connectivity index (χ3n) is 2.26. The highest BCUT2D eigenvalue weighted by atomic mass is 35.5. The Labute approximate surface area is 97.5 Å². The zero-order valence-corrected chi connectivity index (χ0v) is 10.1. The molecular formula is C10H12ClN3S. The first-order valence-electron chi connectivity index (χ1n) is 4.59. The summed E-state index contributed by atoms with van der Waals surface area (Å²) in [6.45, 7) is 1.96. The smallest absolute Gasteiger partial charge is 0.0931 e. The van der Waals surface area contributed by atoms with E-state index < -0.39 is 0 Å². The highest BCUT2D eigenvalue weighted by molar-refractivity contribution is 7.16. The van der Waals surface area contributed by atoms with E-state index in [0.717, 1.165) is 20.6 Å². The Balaban J connectivity index is 2.35. The molecule has 1 atom stereocenters. The number of hydrogen-bond acceptors (Lipinski definition) is 3. The third kappa shape index (κ3) is 2.07. The first-order chi connectivity index (χ1) is 7.08. The molecule has 0 spiro atoms. The van der Waals surface area contributed by atoms with Gasteiger partial charge in [0.1, 0.15) is 0 Å². The van der Waals surface area contributed by atoms with E-state index in [1.807, 2.05) is 36.9 Å². The summed E-state index contributed by atoms with van der Waals surface area (Å²) in [6.07, 6.45) is 0. The van der Waals surface area contributed by atoms with Gasteiger partial charge in [-0.1, -0.05) is 11.6 Å². The summed E-state index contributed by atoms with van der Waals surface area (Å²) >= 11 is 7.39. The van der Waals surface area contributed by atoms with E-state index in [1.165, 1.54) is 11.3 Å². The van der Waals surface area contributed by atoms with Crippen LogP contribution in [0.3, 0.4) is 0 Å². The molecule has 0 amide bonds. The number of halogens is 1. The second kappa shape index (κ2) is 3.96. The Morgan fingerprint density at radius 3 is 2.73 bits per heavy atom. The molecule has 0 saturated heterocycles. The highest BCUT2D eigenvalue weighted by Crippen LogP contribution is 2.29. The van der Waals surface area contributed by atoms with Gasteiger partial charge >= 0.3 is 0 Å². The first kappa shape index (κ1) is 10.7. The van der Waals surface area contributed by atoms with Crippen molar-refractivity contribution in [3.05, 3.63) is 38.8 Å². The molecule has 0 aliphatic carbocycles. The number of rotatable bonds is 2. The molecule has 2 heterocycles. The van der Waals surface area contributed by atoms with Crippen LogP contribution < -0.4 is 5.73 Å². The minimum atomic E-state index is -0.145. The zero-order valence-electron chi connectivity index (χ0n) is 8.57. The minimum absolute atomic E-state index is 0.145. The van der Waals surface area contributed by atoms with Gasteiger partial charge in [-0.2, -0.15) is 5.10 Å².